The van der Waals surface area contributed by atoms with Gasteiger partial charge in [0.15, 0.2) is 0 Å². The SMILES string of the molecule is CC(=O)OCC=C(C)CCC=C(CCC=C(CCC=C(C)C)COC(C)=O)COC(C)=O. The van der Waals surface area contributed by atoms with Crippen molar-refractivity contribution in [2.45, 2.75) is 80.1 Å². The molecule has 0 bridgehead atoms. The van der Waals surface area contributed by atoms with Crippen LogP contribution in [0.5, 0.6) is 0 Å². The average Bonchev–Trinajstić information content (AvgIpc) is 2.68. The highest BCUT2D eigenvalue weighted by atomic mass is 16.5. The fourth-order valence-electron chi connectivity index (χ4n) is 2.77. The molecule has 0 fully saturated rings. The highest BCUT2D eigenvalue weighted by Gasteiger charge is 2.04. The predicted octanol–water partition coefficient (Wildman–Crippen LogP) is 5.78. The molecule has 0 saturated heterocycles. The molecule has 0 aliphatic carbocycles. The van der Waals surface area contributed by atoms with E-state index in [0.29, 0.717) is 6.61 Å². The number of rotatable bonds is 15. The molecule has 0 spiro atoms. The van der Waals surface area contributed by atoms with Crippen LogP contribution in [-0.2, 0) is 28.6 Å². The highest BCUT2D eigenvalue weighted by molar-refractivity contribution is 5.66. The minimum Gasteiger partial charge on any atom is -0.462 e. The fraction of sp³-hybridized carbons (Fsp3) is 0.577. The zero-order chi connectivity index (χ0) is 24.4. The number of esters is 3. The summed E-state index contributed by atoms with van der Waals surface area (Å²) < 4.78 is 15.3. The van der Waals surface area contributed by atoms with Crippen molar-refractivity contribution in [1.82, 2.24) is 0 Å². The third kappa shape index (κ3) is 19.3. The summed E-state index contributed by atoms with van der Waals surface area (Å²) >= 11 is 0. The number of carbonyl (C=O) groups is 3. The van der Waals surface area contributed by atoms with E-state index >= 15 is 0 Å². The van der Waals surface area contributed by atoms with Crippen molar-refractivity contribution in [2.24, 2.45) is 0 Å². The summed E-state index contributed by atoms with van der Waals surface area (Å²) in [5, 5.41) is 0. The molecule has 32 heavy (non-hydrogen) atoms. The van der Waals surface area contributed by atoms with E-state index in [1.54, 1.807) is 0 Å². The van der Waals surface area contributed by atoms with Crippen LogP contribution in [0.2, 0.25) is 0 Å². The van der Waals surface area contributed by atoms with Crippen molar-refractivity contribution in [3.05, 3.63) is 46.6 Å². The zero-order valence-electron chi connectivity index (χ0n) is 20.6. The van der Waals surface area contributed by atoms with Crippen LogP contribution in [0.25, 0.3) is 0 Å². The van der Waals surface area contributed by atoms with E-state index in [9.17, 15) is 14.4 Å². The van der Waals surface area contributed by atoms with Gasteiger partial charge in [0.2, 0.25) is 0 Å². The number of carbonyl (C=O) groups excluding carboxylic acids is 3. The zero-order valence-corrected chi connectivity index (χ0v) is 20.6. The van der Waals surface area contributed by atoms with Gasteiger partial charge in [-0.25, -0.2) is 0 Å². The predicted molar refractivity (Wildman–Crippen MR) is 127 cm³/mol. The fourth-order valence-corrected chi connectivity index (χ4v) is 2.77. The quantitative estimate of drug-likeness (QED) is 0.179. The molecule has 0 aromatic heterocycles. The first-order valence-corrected chi connectivity index (χ1v) is 11.1. The van der Waals surface area contributed by atoms with E-state index < -0.39 is 0 Å². The maximum atomic E-state index is 11.2. The molecule has 6 nitrogen and oxygen atoms in total. The molecule has 0 aliphatic rings. The summed E-state index contributed by atoms with van der Waals surface area (Å²) in [5.41, 5.74) is 4.55. The van der Waals surface area contributed by atoms with Gasteiger partial charge in [0.05, 0.1) is 0 Å². The Balaban J connectivity index is 4.94. The van der Waals surface area contributed by atoms with E-state index in [0.717, 1.165) is 55.2 Å². The van der Waals surface area contributed by atoms with Crippen molar-refractivity contribution in [3.63, 3.8) is 0 Å². The third-order valence-electron chi connectivity index (χ3n) is 4.53. The molecule has 0 amide bonds. The molecule has 0 saturated carbocycles. The van der Waals surface area contributed by atoms with E-state index in [-0.39, 0.29) is 31.1 Å². The Hall–Kier alpha value is -2.63. The van der Waals surface area contributed by atoms with Crippen LogP contribution < -0.4 is 0 Å². The van der Waals surface area contributed by atoms with Gasteiger partial charge in [0.1, 0.15) is 19.8 Å². The van der Waals surface area contributed by atoms with Gasteiger partial charge in [-0.15, -0.1) is 0 Å². The number of hydrogen-bond donors (Lipinski definition) is 0. The molecule has 0 aromatic rings. The lowest BCUT2D eigenvalue weighted by Crippen LogP contribution is -2.05. The van der Waals surface area contributed by atoms with Gasteiger partial charge in [-0.05, 0) is 76.5 Å². The molecule has 0 aromatic carbocycles. The number of ether oxygens (including phenoxy) is 3. The first kappa shape index (κ1) is 29.4. The first-order chi connectivity index (χ1) is 15.1. The van der Waals surface area contributed by atoms with Crippen LogP contribution >= 0.6 is 0 Å². The summed E-state index contributed by atoms with van der Waals surface area (Å²) in [7, 11) is 0. The molecule has 0 unspecified atom stereocenters. The summed E-state index contributed by atoms with van der Waals surface area (Å²) in [6.07, 6.45) is 13.2. The summed E-state index contributed by atoms with van der Waals surface area (Å²) in [6.45, 7) is 11.2. The molecule has 0 radical (unpaired) electrons. The van der Waals surface area contributed by atoms with E-state index in [1.807, 2.05) is 13.0 Å². The highest BCUT2D eigenvalue weighted by Crippen LogP contribution is 2.15. The standard InChI is InChI=1S/C26H40O6/c1-20(2)10-7-12-25(18-31-23(5)28)14-9-15-26(19-32-24(6)29)13-8-11-21(3)16-17-30-22(4)27/h10,13-14,16H,7-9,11-12,15,17-19H2,1-6H3. The van der Waals surface area contributed by atoms with Gasteiger partial charge in [-0.3, -0.25) is 14.4 Å². The Labute approximate surface area is 193 Å². The van der Waals surface area contributed by atoms with Gasteiger partial charge in [-0.2, -0.15) is 0 Å². The molecule has 0 atom stereocenters. The van der Waals surface area contributed by atoms with Crippen LogP contribution in [0.15, 0.2) is 46.6 Å². The van der Waals surface area contributed by atoms with E-state index in [4.69, 9.17) is 14.2 Å². The largest absolute Gasteiger partial charge is 0.462 e. The van der Waals surface area contributed by atoms with Crippen molar-refractivity contribution >= 4 is 17.9 Å². The Bertz CT molecular complexity index is 721. The smallest absolute Gasteiger partial charge is 0.302 e. The van der Waals surface area contributed by atoms with Crippen LogP contribution in [0.4, 0.5) is 0 Å². The van der Waals surface area contributed by atoms with Gasteiger partial charge in [0.25, 0.3) is 0 Å². The van der Waals surface area contributed by atoms with Crippen LogP contribution in [-0.4, -0.2) is 37.7 Å². The van der Waals surface area contributed by atoms with Crippen LogP contribution in [0, 0.1) is 0 Å². The van der Waals surface area contributed by atoms with Gasteiger partial charge < -0.3 is 14.2 Å². The Kier molecular flexibility index (Phi) is 16.5. The number of hydrogen-bond acceptors (Lipinski definition) is 6. The van der Waals surface area contributed by atoms with Gasteiger partial charge in [0, 0.05) is 20.8 Å². The molecule has 0 rings (SSSR count). The van der Waals surface area contributed by atoms with Gasteiger partial charge >= 0.3 is 17.9 Å². The minimum absolute atomic E-state index is 0.274. The maximum Gasteiger partial charge on any atom is 0.302 e. The number of allylic oxidation sites excluding steroid dienone is 5. The summed E-state index contributed by atoms with van der Waals surface area (Å²) in [4.78, 5) is 33.3. The normalized spacial score (nSPS) is 12.2. The van der Waals surface area contributed by atoms with Gasteiger partial charge in [-0.1, -0.05) is 29.4 Å². The van der Waals surface area contributed by atoms with Crippen LogP contribution in [0.3, 0.4) is 0 Å². The molecule has 0 aliphatic heterocycles. The monoisotopic (exact) mass is 448 g/mol. The van der Waals surface area contributed by atoms with E-state index in [1.165, 1.54) is 26.3 Å². The van der Waals surface area contributed by atoms with Crippen molar-refractivity contribution in [1.29, 1.82) is 0 Å². The average molecular weight is 449 g/mol. The molecular weight excluding hydrogens is 408 g/mol. The second-order valence-electron chi connectivity index (χ2n) is 8.04. The Morgan fingerprint density at radius 1 is 0.562 bits per heavy atom. The lowest BCUT2D eigenvalue weighted by Gasteiger charge is -2.10. The molecular formula is C26H40O6. The molecule has 0 N–H and O–H groups in total. The van der Waals surface area contributed by atoms with Crippen molar-refractivity contribution in [2.75, 3.05) is 19.8 Å². The van der Waals surface area contributed by atoms with E-state index in [2.05, 4.69) is 32.1 Å². The second kappa shape index (κ2) is 18.0. The minimum atomic E-state index is -0.304. The Morgan fingerprint density at radius 3 is 1.44 bits per heavy atom. The summed E-state index contributed by atoms with van der Waals surface area (Å²) in [6, 6.07) is 0. The molecule has 0 heterocycles. The molecule has 6 heteroatoms. The lowest BCUT2D eigenvalue weighted by atomic mass is 10.0. The van der Waals surface area contributed by atoms with Crippen molar-refractivity contribution < 1.29 is 28.6 Å². The second-order valence-corrected chi connectivity index (χ2v) is 8.04. The lowest BCUT2D eigenvalue weighted by molar-refractivity contribution is -0.140. The topological polar surface area (TPSA) is 78.9 Å². The first-order valence-electron chi connectivity index (χ1n) is 11.1. The third-order valence-corrected chi connectivity index (χ3v) is 4.53. The summed E-state index contributed by atoms with van der Waals surface area (Å²) in [5.74, 6) is -0.883. The van der Waals surface area contributed by atoms with Crippen molar-refractivity contribution in [3.8, 4) is 0 Å². The molecule has 180 valence electrons. The Morgan fingerprint density at radius 2 is 1.00 bits per heavy atom. The maximum absolute atomic E-state index is 11.2. The van der Waals surface area contributed by atoms with Crippen LogP contribution in [0.1, 0.15) is 80.1 Å².